The topological polar surface area (TPSA) is 6.48 Å². The molecule has 1 heterocycles. The number of allylic oxidation sites excluding steroid dienone is 2. The molecule has 0 saturated carbocycles. The molecule has 0 N–H and O–H groups in total. The Morgan fingerprint density at radius 2 is 0.500 bits per heavy atom. The molecule has 1 rings (SSSR count). The first-order chi connectivity index (χ1) is 20.7. The van der Waals surface area contributed by atoms with E-state index in [4.69, 9.17) is 0 Å². The molecule has 0 radical (unpaired) electrons. The van der Waals surface area contributed by atoms with E-state index >= 15 is 0 Å². The summed E-state index contributed by atoms with van der Waals surface area (Å²) < 4.78 is 0. The molecule has 1 aliphatic rings. The molecule has 0 amide bonds. The summed E-state index contributed by atoms with van der Waals surface area (Å²) in [4.78, 5) is 4.81. The van der Waals surface area contributed by atoms with Gasteiger partial charge >= 0.3 is 0 Å². The molecule has 0 saturated heterocycles. The predicted molar refractivity (Wildman–Crippen MR) is 191 cm³/mol. The van der Waals surface area contributed by atoms with E-state index < -0.39 is 0 Å². The first-order valence-electron chi connectivity index (χ1n) is 19.6. The summed E-state index contributed by atoms with van der Waals surface area (Å²) in [6.07, 6.45) is 50.2. The van der Waals surface area contributed by atoms with Crippen molar-refractivity contribution in [3.05, 3.63) is 23.8 Å². The van der Waals surface area contributed by atoms with Crippen LogP contribution in [-0.2, 0) is 0 Å². The SMILES string of the molecule is CCCCCCCCCCCCCCCCCC1=C(CCCCCCCCCCCCCCCCC)N(C)C=CN1C. The van der Waals surface area contributed by atoms with E-state index in [-0.39, 0.29) is 0 Å². The molecule has 1 aliphatic heterocycles. The van der Waals surface area contributed by atoms with Crippen molar-refractivity contribution in [3.8, 4) is 0 Å². The lowest BCUT2D eigenvalue weighted by molar-refractivity contribution is 0.403. The Morgan fingerprint density at radius 3 is 0.714 bits per heavy atom. The summed E-state index contributed by atoms with van der Waals surface area (Å²) >= 11 is 0. The van der Waals surface area contributed by atoms with Gasteiger partial charge in [0, 0.05) is 37.9 Å². The van der Waals surface area contributed by atoms with Crippen molar-refractivity contribution in [2.24, 2.45) is 0 Å². The van der Waals surface area contributed by atoms with E-state index in [9.17, 15) is 0 Å². The van der Waals surface area contributed by atoms with Crippen LogP contribution < -0.4 is 0 Å². The molecule has 42 heavy (non-hydrogen) atoms. The van der Waals surface area contributed by atoms with E-state index in [0.29, 0.717) is 0 Å². The van der Waals surface area contributed by atoms with Crippen molar-refractivity contribution in [3.63, 3.8) is 0 Å². The molecule has 0 spiro atoms. The number of hydrogen-bond donors (Lipinski definition) is 0. The Balaban J connectivity index is 2.03. The van der Waals surface area contributed by atoms with Crippen molar-refractivity contribution in [1.82, 2.24) is 9.80 Å². The molecule has 248 valence electrons. The zero-order chi connectivity index (χ0) is 30.4. The standard InChI is InChI=1S/C40H78N2/c1-5-7-9-11-13-15-17-19-21-23-25-27-29-31-33-35-39-40(42(4)38-37-41(39)3)36-34-32-30-28-26-24-22-20-18-16-14-12-10-8-6-2/h37-38H,5-36H2,1-4H3. The maximum atomic E-state index is 2.41. The van der Waals surface area contributed by atoms with Crippen LogP contribution >= 0.6 is 0 Å². The van der Waals surface area contributed by atoms with Crippen LogP contribution in [0.2, 0.25) is 0 Å². The molecule has 0 unspecified atom stereocenters. The Kier molecular flexibility index (Phi) is 28.0. The average Bonchev–Trinajstić information content (AvgIpc) is 2.99. The van der Waals surface area contributed by atoms with Crippen molar-refractivity contribution in [1.29, 1.82) is 0 Å². The van der Waals surface area contributed by atoms with Crippen molar-refractivity contribution >= 4 is 0 Å². The number of hydrogen-bond acceptors (Lipinski definition) is 2. The van der Waals surface area contributed by atoms with Crippen LogP contribution in [0.25, 0.3) is 0 Å². The summed E-state index contributed by atoms with van der Waals surface area (Å²) in [7, 11) is 4.52. The minimum atomic E-state index is 1.25. The minimum Gasteiger partial charge on any atom is -0.351 e. The first-order valence-corrected chi connectivity index (χ1v) is 19.6. The highest BCUT2D eigenvalue weighted by atomic mass is 15.2. The summed E-state index contributed by atoms with van der Waals surface area (Å²) in [5.74, 6) is 0. The molecule has 0 aliphatic carbocycles. The van der Waals surface area contributed by atoms with Crippen LogP contribution in [0.1, 0.15) is 219 Å². The maximum absolute atomic E-state index is 2.41. The average molecular weight is 587 g/mol. The van der Waals surface area contributed by atoms with Crippen molar-refractivity contribution in [2.45, 2.75) is 219 Å². The van der Waals surface area contributed by atoms with Gasteiger partial charge in [-0.15, -0.1) is 0 Å². The second-order valence-electron chi connectivity index (χ2n) is 13.8. The third-order valence-corrected chi connectivity index (χ3v) is 9.73. The molecule has 0 aromatic rings. The maximum Gasteiger partial charge on any atom is 0.0368 e. The van der Waals surface area contributed by atoms with Crippen LogP contribution in [0.3, 0.4) is 0 Å². The van der Waals surface area contributed by atoms with Gasteiger partial charge in [0.25, 0.3) is 0 Å². The molecule has 2 nitrogen and oxygen atoms in total. The summed E-state index contributed by atoms with van der Waals surface area (Å²) in [5.41, 5.74) is 3.17. The van der Waals surface area contributed by atoms with Crippen LogP contribution in [0.4, 0.5) is 0 Å². The van der Waals surface area contributed by atoms with Gasteiger partial charge < -0.3 is 9.80 Å². The summed E-state index contributed by atoms with van der Waals surface area (Å²) in [6, 6.07) is 0. The van der Waals surface area contributed by atoms with Gasteiger partial charge in [0.1, 0.15) is 0 Å². The zero-order valence-electron chi connectivity index (χ0n) is 29.7. The van der Waals surface area contributed by atoms with Crippen molar-refractivity contribution in [2.75, 3.05) is 14.1 Å². The molecule has 0 aromatic carbocycles. The second-order valence-corrected chi connectivity index (χ2v) is 13.8. The Hall–Kier alpha value is -0.920. The quantitative estimate of drug-likeness (QED) is 0.0723. The number of nitrogens with zero attached hydrogens (tertiary/aromatic N) is 2. The monoisotopic (exact) mass is 587 g/mol. The van der Waals surface area contributed by atoms with E-state index in [1.807, 2.05) is 0 Å². The summed E-state index contributed by atoms with van der Waals surface area (Å²) in [5, 5.41) is 0. The van der Waals surface area contributed by atoms with Gasteiger partial charge in [-0.1, -0.05) is 194 Å². The molecule has 0 aromatic heterocycles. The van der Waals surface area contributed by atoms with Gasteiger partial charge in [-0.2, -0.15) is 0 Å². The fourth-order valence-corrected chi connectivity index (χ4v) is 6.76. The largest absolute Gasteiger partial charge is 0.351 e. The lowest BCUT2D eigenvalue weighted by atomic mass is 10.0. The molecular formula is C40H78N2. The van der Waals surface area contributed by atoms with Gasteiger partial charge in [0.15, 0.2) is 0 Å². The van der Waals surface area contributed by atoms with E-state index in [2.05, 4.69) is 50.1 Å². The molecule has 0 bridgehead atoms. The fraction of sp³-hybridized carbons (Fsp3) is 0.900. The highest BCUT2D eigenvalue weighted by Crippen LogP contribution is 2.28. The minimum absolute atomic E-state index is 1.25. The van der Waals surface area contributed by atoms with Gasteiger partial charge in [0.2, 0.25) is 0 Å². The second kappa shape index (κ2) is 30.1. The fourth-order valence-electron chi connectivity index (χ4n) is 6.76. The first kappa shape index (κ1) is 39.1. The number of rotatable bonds is 32. The smallest absolute Gasteiger partial charge is 0.0368 e. The van der Waals surface area contributed by atoms with Crippen LogP contribution in [0.5, 0.6) is 0 Å². The van der Waals surface area contributed by atoms with Crippen molar-refractivity contribution < 1.29 is 0 Å². The Morgan fingerprint density at radius 1 is 0.310 bits per heavy atom. The molecule has 2 heteroatoms. The third-order valence-electron chi connectivity index (χ3n) is 9.73. The highest BCUT2D eigenvalue weighted by Gasteiger charge is 2.16. The zero-order valence-corrected chi connectivity index (χ0v) is 29.7. The van der Waals surface area contributed by atoms with E-state index in [1.54, 1.807) is 11.4 Å². The predicted octanol–water partition coefficient (Wildman–Crippen LogP) is 14.1. The highest BCUT2D eigenvalue weighted by molar-refractivity contribution is 5.20. The van der Waals surface area contributed by atoms with E-state index in [1.165, 1.54) is 205 Å². The van der Waals surface area contributed by atoms with E-state index in [0.717, 1.165) is 0 Å². The van der Waals surface area contributed by atoms with Gasteiger partial charge in [-0.3, -0.25) is 0 Å². The summed E-state index contributed by atoms with van der Waals surface area (Å²) in [6.45, 7) is 4.61. The van der Waals surface area contributed by atoms with Gasteiger partial charge in [0.05, 0.1) is 0 Å². The number of unbranched alkanes of at least 4 members (excludes halogenated alkanes) is 28. The molecule has 0 fully saturated rings. The Bertz CT molecular complexity index is 569. The van der Waals surface area contributed by atoms with Crippen LogP contribution in [0.15, 0.2) is 23.8 Å². The Labute approximate surface area is 266 Å². The van der Waals surface area contributed by atoms with Crippen LogP contribution in [0, 0.1) is 0 Å². The molecule has 0 atom stereocenters. The normalized spacial score (nSPS) is 13.6. The lowest BCUT2D eigenvalue weighted by Gasteiger charge is -2.32. The molecular weight excluding hydrogens is 508 g/mol. The third kappa shape index (κ3) is 22.6. The van der Waals surface area contributed by atoms with Gasteiger partial charge in [-0.25, -0.2) is 0 Å². The van der Waals surface area contributed by atoms with Crippen LogP contribution in [-0.4, -0.2) is 23.9 Å². The van der Waals surface area contributed by atoms with Gasteiger partial charge in [-0.05, 0) is 25.7 Å². The lowest BCUT2D eigenvalue weighted by Crippen LogP contribution is -2.25.